The molecule has 0 aromatic carbocycles. The van der Waals surface area contributed by atoms with Crippen LogP contribution < -0.4 is 4.87 Å². The average Bonchev–Trinajstić information content (AvgIpc) is 2.73. The minimum absolute atomic E-state index is 0.225. The number of furan rings is 1. The molecule has 0 saturated carbocycles. The van der Waals surface area contributed by atoms with Crippen molar-refractivity contribution >= 4 is 17.1 Å². The third-order valence-electron chi connectivity index (χ3n) is 1.78. The van der Waals surface area contributed by atoms with Crippen LogP contribution in [0.4, 0.5) is 0 Å². The summed E-state index contributed by atoms with van der Waals surface area (Å²) in [5.41, 5.74) is 0.585. The molecule has 0 saturated heterocycles. The average molecular weight is 209 g/mol. The number of nitrogens with one attached hydrogen (secondary N) is 1. The fourth-order valence-corrected chi connectivity index (χ4v) is 1.93. The van der Waals surface area contributed by atoms with Gasteiger partial charge in [-0.05, 0) is 19.1 Å². The summed E-state index contributed by atoms with van der Waals surface area (Å²) in [6.07, 6.45) is 1.43. The molecular formula is C9H7NO3S. The second-order valence-electron chi connectivity index (χ2n) is 2.78. The van der Waals surface area contributed by atoms with Crippen molar-refractivity contribution in [2.45, 2.75) is 6.92 Å². The Morgan fingerprint density at radius 3 is 2.86 bits per heavy atom. The van der Waals surface area contributed by atoms with Crippen molar-refractivity contribution in [3.05, 3.63) is 44.4 Å². The van der Waals surface area contributed by atoms with Crippen LogP contribution in [0.3, 0.4) is 0 Å². The molecule has 0 amide bonds. The van der Waals surface area contributed by atoms with Gasteiger partial charge in [0.05, 0.1) is 6.26 Å². The summed E-state index contributed by atoms with van der Waals surface area (Å²) in [5, 5.41) is 0. The Hall–Kier alpha value is -1.62. The molecule has 0 aliphatic rings. The number of ketones is 1. The second kappa shape index (κ2) is 3.26. The Balaban J connectivity index is 2.46. The molecule has 2 heterocycles. The van der Waals surface area contributed by atoms with Crippen LogP contribution in [-0.2, 0) is 0 Å². The molecule has 0 aliphatic carbocycles. The van der Waals surface area contributed by atoms with Crippen molar-refractivity contribution in [1.29, 1.82) is 0 Å². The lowest BCUT2D eigenvalue weighted by atomic mass is 10.2. The molecule has 0 radical (unpaired) electrons. The molecule has 2 rings (SSSR count). The first kappa shape index (κ1) is 8.96. The van der Waals surface area contributed by atoms with Crippen LogP contribution in [0.2, 0.25) is 0 Å². The number of hydrogen-bond acceptors (Lipinski definition) is 4. The van der Waals surface area contributed by atoms with Crippen molar-refractivity contribution in [1.82, 2.24) is 4.98 Å². The van der Waals surface area contributed by atoms with Crippen molar-refractivity contribution in [3.63, 3.8) is 0 Å². The maximum Gasteiger partial charge on any atom is 0.305 e. The molecule has 2 aromatic heterocycles. The smallest absolute Gasteiger partial charge is 0.305 e. The van der Waals surface area contributed by atoms with E-state index in [1.165, 1.54) is 6.26 Å². The van der Waals surface area contributed by atoms with E-state index in [2.05, 4.69) is 4.98 Å². The molecule has 4 nitrogen and oxygen atoms in total. The third-order valence-corrected chi connectivity index (χ3v) is 2.76. The van der Waals surface area contributed by atoms with E-state index >= 15 is 0 Å². The summed E-state index contributed by atoms with van der Waals surface area (Å²) in [6, 6.07) is 3.21. The topological polar surface area (TPSA) is 63.1 Å². The standard InChI is InChI=1S/C9H7NO3S/c1-5-8(14-9(12)10-5)7(11)6-3-2-4-13-6/h2-4H,1H3,(H,10,12). The van der Waals surface area contributed by atoms with Gasteiger partial charge in [0.25, 0.3) is 0 Å². The highest BCUT2D eigenvalue weighted by atomic mass is 32.1. The van der Waals surface area contributed by atoms with Crippen LogP contribution in [0.1, 0.15) is 21.1 Å². The molecule has 0 aliphatic heterocycles. The maximum atomic E-state index is 11.7. The van der Waals surface area contributed by atoms with Crippen LogP contribution in [-0.4, -0.2) is 10.8 Å². The van der Waals surface area contributed by atoms with Crippen LogP contribution >= 0.6 is 11.3 Å². The largest absolute Gasteiger partial charge is 0.461 e. The Bertz CT molecular complexity index is 506. The van der Waals surface area contributed by atoms with Gasteiger partial charge in [-0.25, -0.2) is 0 Å². The van der Waals surface area contributed by atoms with Crippen LogP contribution in [0, 0.1) is 6.92 Å². The highest BCUT2D eigenvalue weighted by Gasteiger charge is 2.17. The maximum absolute atomic E-state index is 11.7. The number of thiazole rings is 1. The Kier molecular flexibility index (Phi) is 2.09. The van der Waals surface area contributed by atoms with Gasteiger partial charge in [0.15, 0.2) is 5.76 Å². The van der Waals surface area contributed by atoms with Gasteiger partial charge in [0.2, 0.25) is 5.78 Å². The van der Waals surface area contributed by atoms with Gasteiger partial charge in [-0.1, -0.05) is 11.3 Å². The number of aromatic amines is 1. The van der Waals surface area contributed by atoms with Crippen molar-refractivity contribution in [3.8, 4) is 0 Å². The Labute approximate surface area is 83.2 Å². The van der Waals surface area contributed by atoms with Gasteiger partial charge >= 0.3 is 4.87 Å². The quantitative estimate of drug-likeness (QED) is 0.763. The van der Waals surface area contributed by atoms with E-state index < -0.39 is 0 Å². The molecule has 72 valence electrons. The van der Waals surface area contributed by atoms with Gasteiger partial charge in [-0.2, -0.15) is 0 Å². The lowest BCUT2D eigenvalue weighted by Gasteiger charge is -1.92. The molecule has 0 spiro atoms. The molecule has 0 fully saturated rings. The van der Waals surface area contributed by atoms with E-state index in [0.29, 0.717) is 10.6 Å². The number of carbonyl (C=O) groups is 1. The first-order valence-corrected chi connectivity index (χ1v) is 4.78. The minimum atomic E-state index is -0.254. The summed E-state index contributed by atoms with van der Waals surface area (Å²) >= 11 is 0.900. The number of aryl methyl sites for hydroxylation is 1. The highest BCUT2D eigenvalue weighted by molar-refractivity contribution is 7.11. The molecular weight excluding hydrogens is 202 g/mol. The number of H-pyrrole nitrogens is 1. The lowest BCUT2D eigenvalue weighted by Crippen LogP contribution is -1.98. The third kappa shape index (κ3) is 1.42. The zero-order chi connectivity index (χ0) is 10.1. The summed E-state index contributed by atoms with van der Waals surface area (Å²) in [7, 11) is 0. The van der Waals surface area contributed by atoms with E-state index in [9.17, 15) is 9.59 Å². The summed E-state index contributed by atoms with van der Waals surface area (Å²) in [4.78, 5) is 25.4. The van der Waals surface area contributed by atoms with Gasteiger partial charge in [0.1, 0.15) is 4.88 Å². The SMILES string of the molecule is Cc1[nH]c(=O)sc1C(=O)c1ccco1. The number of hydrogen-bond donors (Lipinski definition) is 1. The normalized spacial score (nSPS) is 10.4. The summed E-state index contributed by atoms with van der Waals surface area (Å²) in [5.74, 6) is -0.000741. The Morgan fingerprint density at radius 2 is 2.36 bits per heavy atom. The predicted molar refractivity (Wildman–Crippen MR) is 51.8 cm³/mol. The van der Waals surface area contributed by atoms with E-state index in [-0.39, 0.29) is 16.4 Å². The second-order valence-corrected chi connectivity index (χ2v) is 3.76. The fourth-order valence-electron chi connectivity index (χ4n) is 1.14. The molecule has 0 unspecified atom stereocenters. The van der Waals surface area contributed by atoms with E-state index in [1.54, 1.807) is 19.1 Å². The van der Waals surface area contributed by atoms with Crippen LogP contribution in [0.5, 0.6) is 0 Å². The summed E-state index contributed by atoms with van der Waals surface area (Å²) < 4.78 is 4.96. The predicted octanol–water partition coefficient (Wildman–Crippen LogP) is 1.57. The first-order chi connectivity index (χ1) is 6.68. The summed E-state index contributed by atoms with van der Waals surface area (Å²) in [6.45, 7) is 1.69. The molecule has 0 bridgehead atoms. The number of aromatic nitrogens is 1. The zero-order valence-electron chi connectivity index (χ0n) is 7.37. The molecule has 14 heavy (non-hydrogen) atoms. The monoisotopic (exact) mass is 209 g/mol. The molecule has 1 N–H and O–H groups in total. The zero-order valence-corrected chi connectivity index (χ0v) is 8.18. The number of rotatable bonds is 2. The van der Waals surface area contributed by atoms with E-state index in [4.69, 9.17) is 4.42 Å². The minimum Gasteiger partial charge on any atom is -0.461 e. The molecule has 0 atom stereocenters. The lowest BCUT2D eigenvalue weighted by molar-refractivity contribution is 0.101. The van der Waals surface area contributed by atoms with Crippen LogP contribution in [0.15, 0.2) is 27.6 Å². The fraction of sp³-hybridized carbons (Fsp3) is 0.111. The van der Waals surface area contributed by atoms with Gasteiger partial charge in [-0.15, -0.1) is 0 Å². The Morgan fingerprint density at radius 1 is 1.57 bits per heavy atom. The highest BCUT2D eigenvalue weighted by Crippen LogP contribution is 2.14. The van der Waals surface area contributed by atoms with E-state index in [0.717, 1.165) is 11.3 Å². The number of carbonyl (C=O) groups excluding carboxylic acids is 1. The van der Waals surface area contributed by atoms with Crippen molar-refractivity contribution in [2.75, 3.05) is 0 Å². The molecule has 2 aromatic rings. The molecule has 5 heteroatoms. The van der Waals surface area contributed by atoms with E-state index in [1.807, 2.05) is 0 Å². The first-order valence-electron chi connectivity index (χ1n) is 3.96. The van der Waals surface area contributed by atoms with Crippen molar-refractivity contribution < 1.29 is 9.21 Å². The van der Waals surface area contributed by atoms with Gasteiger partial charge in [0, 0.05) is 5.69 Å². The van der Waals surface area contributed by atoms with Gasteiger partial charge in [-0.3, -0.25) is 9.59 Å². The van der Waals surface area contributed by atoms with Crippen molar-refractivity contribution in [2.24, 2.45) is 0 Å². The van der Waals surface area contributed by atoms with Gasteiger partial charge < -0.3 is 9.40 Å². The van der Waals surface area contributed by atoms with Crippen LogP contribution in [0.25, 0.3) is 0 Å².